The molecule has 2 heterocycles. The highest BCUT2D eigenvalue weighted by Crippen LogP contribution is 2.32. The van der Waals surface area contributed by atoms with Crippen LogP contribution in [0.4, 0.5) is 5.00 Å². The normalized spacial score (nSPS) is 12.7. The lowest BCUT2D eigenvalue weighted by atomic mass is 10.0. The zero-order valence-electron chi connectivity index (χ0n) is 18.8. The number of benzene rings is 1. The summed E-state index contributed by atoms with van der Waals surface area (Å²) in [7, 11) is 0. The van der Waals surface area contributed by atoms with Crippen molar-refractivity contribution in [1.82, 2.24) is 4.90 Å². The number of hydrogen-bond donors (Lipinski definition) is 1. The molecule has 174 valence electrons. The Morgan fingerprint density at radius 3 is 2.48 bits per heavy atom. The Bertz CT molecular complexity index is 1070. The SMILES string of the molecule is C=C1c2ccccc2C(=O)N1CC(=O)OCC(=O)Nc1scc(CC(C)C)c1C(=O)OCC. The van der Waals surface area contributed by atoms with Gasteiger partial charge in [-0.1, -0.05) is 38.6 Å². The fourth-order valence-electron chi connectivity index (χ4n) is 3.49. The van der Waals surface area contributed by atoms with E-state index in [4.69, 9.17) is 9.47 Å². The molecular weight excluding hydrogens is 444 g/mol. The van der Waals surface area contributed by atoms with Crippen LogP contribution < -0.4 is 5.32 Å². The molecule has 2 aromatic rings. The number of anilines is 1. The molecule has 1 N–H and O–H groups in total. The summed E-state index contributed by atoms with van der Waals surface area (Å²) in [5, 5.41) is 4.79. The topological polar surface area (TPSA) is 102 Å². The number of carbonyl (C=O) groups is 4. The third kappa shape index (κ3) is 5.48. The van der Waals surface area contributed by atoms with Gasteiger partial charge in [-0.3, -0.25) is 19.3 Å². The van der Waals surface area contributed by atoms with Crippen molar-refractivity contribution in [2.75, 3.05) is 25.1 Å². The van der Waals surface area contributed by atoms with Gasteiger partial charge in [-0.05, 0) is 36.3 Å². The molecule has 9 heteroatoms. The van der Waals surface area contributed by atoms with E-state index < -0.39 is 24.5 Å². The molecule has 0 spiro atoms. The summed E-state index contributed by atoms with van der Waals surface area (Å²) < 4.78 is 10.2. The highest BCUT2D eigenvalue weighted by Gasteiger charge is 2.32. The number of thiophene rings is 1. The number of fused-ring (bicyclic) bond motifs is 1. The standard InChI is InChI=1S/C24H26N2O6S/c1-5-31-24(30)21-16(10-14(2)3)13-33-22(21)25-19(27)12-32-20(28)11-26-15(4)17-8-6-7-9-18(17)23(26)29/h6-9,13-14H,4-5,10-12H2,1-3H3,(H,25,27). The Hall–Kier alpha value is -3.46. The van der Waals surface area contributed by atoms with E-state index in [1.807, 2.05) is 19.2 Å². The third-order valence-corrected chi connectivity index (χ3v) is 5.86. The second-order valence-electron chi connectivity index (χ2n) is 7.88. The monoisotopic (exact) mass is 470 g/mol. The first-order valence-electron chi connectivity index (χ1n) is 10.6. The number of esters is 2. The van der Waals surface area contributed by atoms with Gasteiger partial charge in [-0.2, -0.15) is 0 Å². The van der Waals surface area contributed by atoms with Gasteiger partial charge in [0.15, 0.2) is 6.61 Å². The molecule has 1 aromatic carbocycles. The highest BCUT2D eigenvalue weighted by molar-refractivity contribution is 7.15. The van der Waals surface area contributed by atoms with Crippen molar-refractivity contribution >= 4 is 45.8 Å². The maximum atomic E-state index is 12.5. The second-order valence-corrected chi connectivity index (χ2v) is 8.76. The minimum absolute atomic E-state index is 0.213. The maximum Gasteiger partial charge on any atom is 0.341 e. The number of hydrogen-bond acceptors (Lipinski definition) is 7. The van der Waals surface area contributed by atoms with Crippen LogP contribution in [0, 0.1) is 5.92 Å². The van der Waals surface area contributed by atoms with Crippen LogP contribution in [0.2, 0.25) is 0 Å². The van der Waals surface area contributed by atoms with Gasteiger partial charge in [0, 0.05) is 16.8 Å². The van der Waals surface area contributed by atoms with Crippen LogP contribution >= 0.6 is 11.3 Å². The average Bonchev–Trinajstić information content (AvgIpc) is 3.26. The van der Waals surface area contributed by atoms with Crippen molar-refractivity contribution in [2.45, 2.75) is 27.2 Å². The van der Waals surface area contributed by atoms with Crippen LogP contribution in [-0.2, 0) is 25.5 Å². The van der Waals surface area contributed by atoms with Crippen LogP contribution in [0.15, 0.2) is 36.2 Å². The minimum Gasteiger partial charge on any atom is -0.462 e. The maximum absolute atomic E-state index is 12.5. The van der Waals surface area contributed by atoms with E-state index in [2.05, 4.69) is 11.9 Å². The van der Waals surface area contributed by atoms with Crippen LogP contribution in [-0.4, -0.2) is 48.4 Å². The van der Waals surface area contributed by atoms with Gasteiger partial charge in [0.1, 0.15) is 11.5 Å². The molecule has 0 saturated heterocycles. The lowest BCUT2D eigenvalue weighted by Crippen LogP contribution is -2.32. The summed E-state index contributed by atoms with van der Waals surface area (Å²) in [6, 6.07) is 6.93. The molecule has 0 atom stereocenters. The predicted octanol–water partition coefficient (Wildman–Crippen LogP) is 3.73. The number of nitrogens with one attached hydrogen (secondary N) is 1. The summed E-state index contributed by atoms with van der Waals surface area (Å²) in [4.78, 5) is 50.8. The van der Waals surface area contributed by atoms with Crippen molar-refractivity contribution < 1.29 is 28.7 Å². The zero-order valence-corrected chi connectivity index (χ0v) is 19.6. The first kappa shape index (κ1) is 24.2. The summed E-state index contributed by atoms with van der Waals surface area (Å²) in [5.41, 5.74) is 2.66. The van der Waals surface area contributed by atoms with Crippen molar-refractivity contribution in [2.24, 2.45) is 5.92 Å². The van der Waals surface area contributed by atoms with Gasteiger partial charge in [0.05, 0.1) is 12.2 Å². The molecule has 1 aliphatic heterocycles. The van der Waals surface area contributed by atoms with Gasteiger partial charge < -0.3 is 14.8 Å². The smallest absolute Gasteiger partial charge is 0.341 e. The number of rotatable bonds is 9. The number of ether oxygens (including phenoxy) is 2. The second kappa shape index (κ2) is 10.4. The van der Waals surface area contributed by atoms with Crippen LogP contribution in [0.25, 0.3) is 5.70 Å². The first-order chi connectivity index (χ1) is 15.7. The molecule has 1 aliphatic rings. The largest absolute Gasteiger partial charge is 0.462 e. The molecule has 0 unspecified atom stereocenters. The molecule has 3 rings (SSSR count). The summed E-state index contributed by atoms with van der Waals surface area (Å²) in [6.45, 7) is 8.94. The van der Waals surface area contributed by atoms with Crippen LogP contribution in [0.5, 0.6) is 0 Å². The third-order valence-electron chi connectivity index (χ3n) is 4.92. The van der Waals surface area contributed by atoms with Gasteiger partial charge in [-0.15, -0.1) is 11.3 Å². The molecule has 33 heavy (non-hydrogen) atoms. The van der Waals surface area contributed by atoms with E-state index in [9.17, 15) is 19.2 Å². The van der Waals surface area contributed by atoms with Gasteiger partial charge in [-0.25, -0.2) is 4.79 Å². The molecule has 2 amide bonds. The highest BCUT2D eigenvalue weighted by atomic mass is 32.1. The lowest BCUT2D eigenvalue weighted by Gasteiger charge is -2.16. The van der Waals surface area contributed by atoms with Gasteiger partial charge >= 0.3 is 11.9 Å². The van der Waals surface area contributed by atoms with Crippen LogP contribution in [0.1, 0.15) is 52.6 Å². The Labute approximate surface area is 196 Å². The number of amides is 2. The molecule has 8 nitrogen and oxygen atoms in total. The van der Waals surface area contributed by atoms with E-state index in [1.165, 1.54) is 16.2 Å². The lowest BCUT2D eigenvalue weighted by molar-refractivity contribution is -0.147. The Morgan fingerprint density at radius 2 is 1.85 bits per heavy atom. The molecule has 1 aromatic heterocycles. The van der Waals surface area contributed by atoms with E-state index in [0.29, 0.717) is 39.7 Å². The molecule has 0 aliphatic carbocycles. The van der Waals surface area contributed by atoms with Gasteiger partial charge in [0.2, 0.25) is 0 Å². The predicted molar refractivity (Wildman–Crippen MR) is 125 cm³/mol. The molecule has 0 saturated carbocycles. The molecule has 0 radical (unpaired) electrons. The van der Waals surface area contributed by atoms with E-state index >= 15 is 0 Å². The Kier molecular flexibility index (Phi) is 7.65. The van der Waals surface area contributed by atoms with Gasteiger partial charge in [0.25, 0.3) is 11.8 Å². The molecule has 0 bridgehead atoms. The van der Waals surface area contributed by atoms with E-state index in [0.717, 1.165) is 5.56 Å². The number of nitrogens with zero attached hydrogens (tertiary/aromatic N) is 1. The fourth-order valence-corrected chi connectivity index (χ4v) is 4.47. The fraction of sp³-hybridized carbons (Fsp3) is 0.333. The first-order valence-corrected chi connectivity index (χ1v) is 11.4. The van der Waals surface area contributed by atoms with Crippen LogP contribution in [0.3, 0.4) is 0 Å². The van der Waals surface area contributed by atoms with Crippen molar-refractivity contribution in [3.8, 4) is 0 Å². The average molecular weight is 471 g/mol. The zero-order chi connectivity index (χ0) is 24.1. The number of carbonyl (C=O) groups excluding carboxylic acids is 4. The van der Waals surface area contributed by atoms with E-state index in [-0.39, 0.29) is 19.1 Å². The quantitative estimate of drug-likeness (QED) is 0.561. The minimum atomic E-state index is -0.746. The van der Waals surface area contributed by atoms with Crippen molar-refractivity contribution in [3.05, 3.63) is 58.5 Å². The summed E-state index contributed by atoms with van der Waals surface area (Å²) in [6.07, 6.45) is 0.658. The Balaban J connectivity index is 1.59. The van der Waals surface area contributed by atoms with Crippen molar-refractivity contribution in [1.29, 1.82) is 0 Å². The van der Waals surface area contributed by atoms with Crippen molar-refractivity contribution in [3.63, 3.8) is 0 Å². The molecule has 0 fully saturated rings. The van der Waals surface area contributed by atoms with E-state index in [1.54, 1.807) is 31.2 Å². The molecular formula is C24H26N2O6S. The summed E-state index contributed by atoms with van der Waals surface area (Å²) >= 11 is 1.22. The Morgan fingerprint density at radius 1 is 1.15 bits per heavy atom. The summed E-state index contributed by atoms with van der Waals surface area (Å²) in [5.74, 6) is -1.88.